The second-order valence-corrected chi connectivity index (χ2v) is 5.83. The maximum Gasteiger partial charge on any atom is 0.193 e. The van der Waals surface area contributed by atoms with Crippen LogP contribution in [0.3, 0.4) is 0 Å². The van der Waals surface area contributed by atoms with Crippen molar-refractivity contribution in [1.29, 1.82) is 0 Å². The van der Waals surface area contributed by atoms with Crippen molar-refractivity contribution in [2.24, 2.45) is 0 Å². The molecule has 2 aliphatic rings. The summed E-state index contributed by atoms with van der Waals surface area (Å²) in [7, 11) is 0. The highest BCUT2D eigenvalue weighted by atomic mass is 16.5. The number of rotatable bonds is 4. The third kappa shape index (κ3) is 2.65. The van der Waals surface area contributed by atoms with E-state index in [1.54, 1.807) is 0 Å². The molecule has 1 aliphatic carbocycles. The molecule has 108 valence electrons. The van der Waals surface area contributed by atoms with Gasteiger partial charge >= 0.3 is 0 Å². The van der Waals surface area contributed by atoms with Crippen molar-refractivity contribution in [3.63, 3.8) is 0 Å². The molecule has 1 atom stereocenters. The molecular weight excluding hydrogens is 250 g/mol. The number of hydrogen-bond donors (Lipinski definition) is 0. The molecule has 3 nitrogen and oxygen atoms in total. The smallest absolute Gasteiger partial charge is 0.193 e. The van der Waals surface area contributed by atoms with Crippen LogP contribution in [0.25, 0.3) is 0 Å². The first-order valence-corrected chi connectivity index (χ1v) is 7.76. The number of ketones is 1. The van der Waals surface area contributed by atoms with Gasteiger partial charge in [0.25, 0.3) is 0 Å². The summed E-state index contributed by atoms with van der Waals surface area (Å²) in [6.07, 6.45) is 3.44. The second kappa shape index (κ2) is 6.06. The van der Waals surface area contributed by atoms with Crippen LogP contribution in [0.4, 0.5) is 0 Å². The lowest BCUT2D eigenvalue weighted by Crippen LogP contribution is -2.46. The number of Topliss-reactive ketones (excluding diaryl/α,β-unsaturated/α-hetero) is 1. The zero-order valence-electron chi connectivity index (χ0n) is 12.2. The van der Waals surface area contributed by atoms with Gasteiger partial charge in [0.15, 0.2) is 5.78 Å². The molecule has 0 N–H and O–H groups in total. The second-order valence-electron chi connectivity index (χ2n) is 5.83. The van der Waals surface area contributed by atoms with E-state index in [0.29, 0.717) is 12.5 Å². The van der Waals surface area contributed by atoms with E-state index in [-0.39, 0.29) is 11.9 Å². The van der Waals surface area contributed by atoms with Gasteiger partial charge in [0.1, 0.15) is 6.10 Å². The summed E-state index contributed by atoms with van der Waals surface area (Å²) >= 11 is 0. The van der Waals surface area contributed by atoms with E-state index < -0.39 is 0 Å². The maximum atomic E-state index is 12.8. The largest absolute Gasteiger partial charge is 0.367 e. The van der Waals surface area contributed by atoms with Gasteiger partial charge in [-0.1, -0.05) is 37.6 Å². The van der Waals surface area contributed by atoms with Gasteiger partial charge in [0.2, 0.25) is 0 Å². The summed E-state index contributed by atoms with van der Waals surface area (Å²) in [6.45, 7) is 5.45. The van der Waals surface area contributed by atoms with Crippen molar-refractivity contribution in [3.05, 3.63) is 35.4 Å². The average Bonchev–Trinajstić information content (AvgIpc) is 2.45. The van der Waals surface area contributed by atoms with Gasteiger partial charge in [-0.15, -0.1) is 0 Å². The van der Waals surface area contributed by atoms with Crippen LogP contribution < -0.4 is 0 Å². The van der Waals surface area contributed by atoms with Crippen LogP contribution in [0, 0.1) is 0 Å². The molecule has 3 rings (SSSR count). The molecule has 0 aromatic heterocycles. The van der Waals surface area contributed by atoms with E-state index in [1.165, 1.54) is 24.8 Å². The highest BCUT2D eigenvalue weighted by molar-refractivity contribution is 6.01. The molecule has 1 unspecified atom stereocenters. The lowest BCUT2D eigenvalue weighted by Gasteiger charge is -2.33. The Morgan fingerprint density at radius 3 is 2.85 bits per heavy atom. The van der Waals surface area contributed by atoms with Gasteiger partial charge < -0.3 is 4.74 Å². The first-order valence-electron chi connectivity index (χ1n) is 7.76. The first-order chi connectivity index (χ1) is 9.79. The van der Waals surface area contributed by atoms with E-state index >= 15 is 0 Å². The molecule has 2 fully saturated rings. The molecule has 0 spiro atoms. The van der Waals surface area contributed by atoms with Crippen molar-refractivity contribution >= 4 is 5.78 Å². The van der Waals surface area contributed by atoms with Crippen molar-refractivity contribution < 1.29 is 9.53 Å². The van der Waals surface area contributed by atoms with E-state index in [4.69, 9.17) is 4.74 Å². The lowest BCUT2D eigenvalue weighted by molar-refractivity contribution is -0.0149. The topological polar surface area (TPSA) is 29.5 Å². The number of carbonyl (C=O) groups excluding carboxylic acids is 1. The standard InChI is InChI=1S/C17H23NO2/c1-2-18-10-11-20-16(12-18)17(19)15-9-4-3-8-14(15)13-6-5-7-13/h3-4,8-9,13,16H,2,5-7,10-12H2,1H3. The Hall–Kier alpha value is -1.19. The number of benzene rings is 1. The van der Waals surface area contributed by atoms with Crippen LogP contribution in [-0.4, -0.2) is 43.0 Å². The SMILES string of the molecule is CCN1CCOC(C(=O)c2ccccc2C2CCC2)C1. The fourth-order valence-electron chi connectivity index (χ4n) is 3.12. The zero-order chi connectivity index (χ0) is 13.9. The number of ether oxygens (including phenoxy) is 1. The molecule has 1 aromatic rings. The highest BCUT2D eigenvalue weighted by Crippen LogP contribution is 2.38. The molecule has 0 amide bonds. The van der Waals surface area contributed by atoms with Gasteiger partial charge in [0, 0.05) is 18.7 Å². The van der Waals surface area contributed by atoms with Gasteiger partial charge in [-0.3, -0.25) is 9.69 Å². The summed E-state index contributed by atoms with van der Waals surface area (Å²) in [6, 6.07) is 8.11. The van der Waals surface area contributed by atoms with E-state index in [1.807, 2.05) is 18.2 Å². The minimum Gasteiger partial charge on any atom is -0.367 e. The predicted molar refractivity (Wildman–Crippen MR) is 79.2 cm³/mol. The first kappa shape index (κ1) is 13.8. The Morgan fingerprint density at radius 2 is 2.15 bits per heavy atom. The number of morpholine rings is 1. The fourth-order valence-corrected chi connectivity index (χ4v) is 3.12. The Morgan fingerprint density at radius 1 is 1.35 bits per heavy atom. The molecule has 3 heteroatoms. The predicted octanol–water partition coefficient (Wildman–Crippen LogP) is 2.86. The van der Waals surface area contributed by atoms with Crippen LogP contribution in [-0.2, 0) is 4.74 Å². The van der Waals surface area contributed by atoms with Crippen LogP contribution >= 0.6 is 0 Å². The van der Waals surface area contributed by atoms with Crippen molar-refractivity contribution in [3.8, 4) is 0 Å². The molecular formula is C17H23NO2. The Bertz CT molecular complexity index is 482. The Labute approximate surface area is 120 Å². The van der Waals surface area contributed by atoms with Crippen molar-refractivity contribution in [2.45, 2.75) is 38.2 Å². The van der Waals surface area contributed by atoms with Crippen LogP contribution in [0.5, 0.6) is 0 Å². The monoisotopic (exact) mass is 273 g/mol. The van der Waals surface area contributed by atoms with Crippen molar-refractivity contribution in [1.82, 2.24) is 4.90 Å². The summed E-state index contributed by atoms with van der Waals surface area (Å²) in [5.41, 5.74) is 2.13. The minimum atomic E-state index is -0.287. The van der Waals surface area contributed by atoms with Crippen LogP contribution in [0.1, 0.15) is 48.0 Å². The lowest BCUT2D eigenvalue weighted by atomic mass is 9.77. The summed E-state index contributed by atoms with van der Waals surface area (Å²) < 4.78 is 5.72. The minimum absolute atomic E-state index is 0.172. The Kier molecular flexibility index (Phi) is 4.18. The van der Waals surface area contributed by atoms with Crippen LogP contribution in [0.2, 0.25) is 0 Å². The third-order valence-corrected chi connectivity index (χ3v) is 4.66. The quantitative estimate of drug-likeness (QED) is 0.790. The molecule has 0 bridgehead atoms. The van der Waals surface area contributed by atoms with E-state index in [9.17, 15) is 4.79 Å². The van der Waals surface area contributed by atoms with Gasteiger partial charge in [-0.2, -0.15) is 0 Å². The molecule has 1 aromatic carbocycles. The zero-order valence-corrected chi connectivity index (χ0v) is 12.2. The highest BCUT2D eigenvalue weighted by Gasteiger charge is 2.30. The number of hydrogen-bond acceptors (Lipinski definition) is 3. The van der Waals surface area contributed by atoms with Gasteiger partial charge in [-0.25, -0.2) is 0 Å². The maximum absolute atomic E-state index is 12.8. The van der Waals surface area contributed by atoms with Gasteiger partial charge in [-0.05, 0) is 30.9 Å². The molecule has 1 saturated carbocycles. The summed E-state index contributed by atoms with van der Waals surface area (Å²) in [5.74, 6) is 0.756. The molecule has 1 heterocycles. The van der Waals surface area contributed by atoms with Crippen molar-refractivity contribution in [2.75, 3.05) is 26.2 Å². The molecule has 1 saturated heterocycles. The van der Waals surface area contributed by atoms with Gasteiger partial charge in [0.05, 0.1) is 6.61 Å². The normalized spacial score (nSPS) is 24.4. The molecule has 1 aliphatic heterocycles. The number of carbonyl (C=O) groups is 1. The summed E-state index contributed by atoms with van der Waals surface area (Å²) in [5, 5.41) is 0. The van der Waals surface area contributed by atoms with Crippen LogP contribution in [0.15, 0.2) is 24.3 Å². The third-order valence-electron chi connectivity index (χ3n) is 4.66. The fraction of sp³-hybridized carbons (Fsp3) is 0.588. The summed E-state index contributed by atoms with van der Waals surface area (Å²) in [4.78, 5) is 15.1. The Balaban J connectivity index is 1.79. The molecule has 0 radical (unpaired) electrons. The van der Waals surface area contributed by atoms with E-state index in [2.05, 4.69) is 17.9 Å². The van der Waals surface area contributed by atoms with E-state index in [0.717, 1.165) is 25.2 Å². The number of likely N-dealkylation sites (N-methyl/N-ethyl adjacent to an activating group) is 1. The molecule has 20 heavy (non-hydrogen) atoms. The number of nitrogens with zero attached hydrogens (tertiary/aromatic N) is 1. The average molecular weight is 273 g/mol.